The Morgan fingerprint density at radius 2 is 1.86 bits per heavy atom. The maximum absolute atomic E-state index is 12.0. The van der Waals surface area contributed by atoms with Gasteiger partial charge in [0.05, 0.1) is 27.4 Å². The van der Waals surface area contributed by atoms with Gasteiger partial charge in [0.2, 0.25) is 0 Å². The lowest BCUT2D eigenvalue weighted by Crippen LogP contribution is -2.22. The molecule has 0 aliphatic carbocycles. The second kappa shape index (κ2) is 6.59. The van der Waals surface area contributed by atoms with E-state index in [4.69, 9.17) is 5.73 Å². The Morgan fingerprint density at radius 3 is 2.33 bits per heavy atom. The number of non-ortho nitro benzene ring substituents is 1. The summed E-state index contributed by atoms with van der Waals surface area (Å²) in [6.45, 7) is 1.84. The van der Waals surface area contributed by atoms with Crippen LogP contribution in [0.5, 0.6) is 0 Å². The molecule has 0 saturated heterocycles. The summed E-state index contributed by atoms with van der Waals surface area (Å²) in [6, 6.07) is 2.91. The molecule has 0 saturated carbocycles. The van der Waals surface area contributed by atoms with Gasteiger partial charge in [0.15, 0.2) is 9.84 Å². The van der Waals surface area contributed by atoms with Crippen LogP contribution in [0.15, 0.2) is 18.2 Å². The van der Waals surface area contributed by atoms with Gasteiger partial charge in [-0.3, -0.25) is 20.2 Å². The molecule has 10 heteroatoms. The largest absolute Gasteiger partial charge is 0.330 e. The van der Waals surface area contributed by atoms with Gasteiger partial charge in [-0.2, -0.15) is 0 Å². The molecule has 0 radical (unpaired) electrons. The summed E-state index contributed by atoms with van der Waals surface area (Å²) in [5.41, 5.74) is 4.25. The molecule has 0 aliphatic heterocycles. The van der Waals surface area contributed by atoms with Gasteiger partial charge in [0, 0.05) is 11.6 Å². The van der Waals surface area contributed by atoms with E-state index >= 15 is 0 Å². The van der Waals surface area contributed by atoms with Gasteiger partial charge < -0.3 is 5.73 Å². The van der Waals surface area contributed by atoms with E-state index < -0.39 is 36.8 Å². The highest BCUT2D eigenvalue weighted by Crippen LogP contribution is 2.26. The number of rotatable bonds is 7. The first-order valence-electron chi connectivity index (χ1n) is 5.98. The lowest BCUT2D eigenvalue weighted by atomic mass is 10.2. The number of sulfone groups is 1. The first-order valence-corrected chi connectivity index (χ1v) is 7.80. The van der Waals surface area contributed by atoms with Crippen LogP contribution in [0.25, 0.3) is 0 Å². The fourth-order valence-electron chi connectivity index (χ4n) is 1.76. The van der Waals surface area contributed by atoms with Crippen LogP contribution in [0.4, 0.5) is 11.4 Å². The molecule has 1 aromatic carbocycles. The number of hydrogen-bond acceptors (Lipinski definition) is 7. The summed E-state index contributed by atoms with van der Waals surface area (Å²) in [5, 5.41) is 21.5. The number of nitrogens with zero attached hydrogens (tertiary/aromatic N) is 2. The smallest absolute Gasteiger partial charge is 0.280 e. The van der Waals surface area contributed by atoms with Crippen LogP contribution in [0.3, 0.4) is 0 Å². The molecule has 0 fully saturated rings. The number of nitro groups is 2. The average molecular weight is 317 g/mol. The minimum absolute atomic E-state index is 0.0742. The number of nitro benzene ring substituents is 2. The molecule has 0 amide bonds. The number of nitrogens with two attached hydrogens (primary N) is 1. The van der Waals surface area contributed by atoms with Crippen LogP contribution < -0.4 is 5.73 Å². The Labute approximate surface area is 121 Å². The molecular formula is C11H15N3O6S. The molecule has 2 N–H and O–H groups in total. The SMILES string of the molecule is CC(CN)CS(=O)(=O)Cc1ccc([N+](=O)[O-])cc1[N+](=O)[O-]. The normalized spacial score (nSPS) is 12.9. The van der Waals surface area contributed by atoms with E-state index in [2.05, 4.69) is 0 Å². The zero-order valence-corrected chi connectivity index (χ0v) is 12.1. The monoisotopic (exact) mass is 317 g/mol. The lowest BCUT2D eigenvalue weighted by Gasteiger charge is -2.09. The molecule has 0 aliphatic rings. The molecule has 21 heavy (non-hydrogen) atoms. The van der Waals surface area contributed by atoms with Gasteiger partial charge in [-0.15, -0.1) is 0 Å². The molecule has 0 spiro atoms. The highest BCUT2D eigenvalue weighted by atomic mass is 32.2. The van der Waals surface area contributed by atoms with Crippen molar-refractivity contribution in [3.05, 3.63) is 44.0 Å². The third kappa shape index (κ3) is 4.76. The summed E-state index contributed by atoms with van der Waals surface area (Å²) >= 11 is 0. The number of hydrogen-bond donors (Lipinski definition) is 1. The van der Waals surface area contributed by atoms with Crippen molar-refractivity contribution in [1.82, 2.24) is 0 Å². The molecule has 9 nitrogen and oxygen atoms in total. The van der Waals surface area contributed by atoms with Crippen LogP contribution in [0.1, 0.15) is 12.5 Å². The predicted octanol–water partition coefficient (Wildman–Crippen LogP) is 1.01. The van der Waals surface area contributed by atoms with Crippen molar-refractivity contribution in [1.29, 1.82) is 0 Å². The Hall–Kier alpha value is -2.07. The van der Waals surface area contributed by atoms with Gasteiger partial charge >= 0.3 is 0 Å². The van der Waals surface area contributed by atoms with E-state index in [-0.39, 0.29) is 23.8 Å². The minimum atomic E-state index is -3.59. The Kier molecular flexibility index (Phi) is 5.33. The Balaban J connectivity index is 3.13. The zero-order valence-electron chi connectivity index (χ0n) is 11.3. The van der Waals surface area contributed by atoms with Crippen molar-refractivity contribution in [2.45, 2.75) is 12.7 Å². The van der Waals surface area contributed by atoms with Crippen LogP contribution in [-0.2, 0) is 15.6 Å². The maximum Gasteiger partial charge on any atom is 0.280 e. The van der Waals surface area contributed by atoms with Crippen molar-refractivity contribution < 1.29 is 18.3 Å². The van der Waals surface area contributed by atoms with Crippen molar-refractivity contribution in [2.24, 2.45) is 11.7 Å². The van der Waals surface area contributed by atoms with Gasteiger partial charge in [-0.1, -0.05) is 6.92 Å². The topological polar surface area (TPSA) is 146 Å². The molecular weight excluding hydrogens is 302 g/mol. The predicted molar refractivity (Wildman–Crippen MR) is 75.5 cm³/mol. The summed E-state index contributed by atoms with van der Waals surface area (Å²) in [4.78, 5) is 19.9. The summed E-state index contributed by atoms with van der Waals surface area (Å²) in [5.74, 6) is -1.02. The van der Waals surface area contributed by atoms with Crippen LogP contribution in [-0.4, -0.2) is 30.6 Å². The third-order valence-corrected chi connectivity index (χ3v) is 4.62. The second-order valence-corrected chi connectivity index (χ2v) is 6.83. The van der Waals surface area contributed by atoms with Gasteiger partial charge in [0.25, 0.3) is 11.4 Å². The van der Waals surface area contributed by atoms with Crippen molar-refractivity contribution in [3.8, 4) is 0 Å². The first-order chi connectivity index (χ1) is 9.66. The molecule has 0 aromatic heterocycles. The van der Waals surface area contributed by atoms with E-state index in [1.165, 1.54) is 0 Å². The minimum Gasteiger partial charge on any atom is -0.330 e. The molecule has 1 unspecified atom stereocenters. The van der Waals surface area contributed by atoms with Crippen LogP contribution >= 0.6 is 0 Å². The average Bonchev–Trinajstić information content (AvgIpc) is 2.37. The van der Waals surface area contributed by atoms with E-state index in [1.807, 2.05) is 0 Å². The molecule has 116 valence electrons. The lowest BCUT2D eigenvalue weighted by molar-refractivity contribution is -0.394. The molecule has 1 rings (SSSR count). The van der Waals surface area contributed by atoms with Crippen LogP contribution in [0, 0.1) is 26.1 Å². The van der Waals surface area contributed by atoms with E-state index in [9.17, 15) is 28.6 Å². The summed E-state index contributed by atoms with van der Waals surface area (Å²) in [7, 11) is -3.59. The quantitative estimate of drug-likeness (QED) is 0.583. The van der Waals surface area contributed by atoms with Gasteiger partial charge in [-0.25, -0.2) is 8.42 Å². The molecule has 1 aromatic rings. The van der Waals surface area contributed by atoms with E-state index in [1.54, 1.807) is 6.92 Å². The second-order valence-electron chi connectivity index (χ2n) is 4.72. The standard InChI is InChI=1S/C11H15N3O6S/c1-8(5-12)6-21(19,20)7-9-2-3-10(13(15)16)4-11(9)14(17)18/h2-4,8H,5-7,12H2,1H3. The molecule has 1 atom stereocenters. The summed E-state index contributed by atoms with van der Waals surface area (Å²) < 4.78 is 23.9. The highest BCUT2D eigenvalue weighted by molar-refractivity contribution is 7.90. The molecule has 0 bridgehead atoms. The Bertz CT molecular complexity index is 658. The van der Waals surface area contributed by atoms with E-state index in [0.717, 1.165) is 18.2 Å². The van der Waals surface area contributed by atoms with Crippen LogP contribution in [0.2, 0.25) is 0 Å². The van der Waals surface area contributed by atoms with Gasteiger partial charge in [-0.05, 0) is 18.5 Å². The number of benzene rings is 1. The van der Waals surface area contributed by atoms with Crippen molar-refractivity contribution >= 4 is 21.2 Å². The van der Waals surface area contributed by atoms with E-state index in [0.29, 0.717) is 0 Å². The Morgan fingerprint density at radius 1 is 1.24 bits per heavy atom. The van der Waals surface area contributed by atoms with Crippen molar-refractivity contribution in [3.63, 3.8) is 0 Å². The first kappa shape index (κ1) is 17.0. The third-order valence-electron chi connectivity index (χ3n) is 2.79. The maximum atomic E-state index is 12.0. The van der Waals surface area contributed by atoms with Gasteiger partial charge in [0.1, 0.15) is 0 Å². The highest BCUT2D eigenvalue weighted by Gasteiger charge is 2.24. The zero-order chi connectivity index (χ0) is 16.2. The molecule has 0 heterocycles. The fraction of sp³-hybridized carbons (Fsp3) is 0.455. The fourth-order valence-corrected chi connectivity index (χ4v) is 3.59. The summed E-state index contributed by atoms with van der Waals surface area (Å²) in [6.07, 6.45) is 0. The van der Waals surface area contributed by atoms with Crippen molar-refractivity contribution in [2.75, 3.05) is 12.3 Å².